The van der Waals surface area contributed by atoms with Crippen LogP contribution in [0, 0.1) is 26.7 Å². The minimum absolute atomic E-state index is 0. The Hall–Kier alpha value is -1.59. The first kappa shape index (κ1) is 19.7. The molecule has 0 aliphatic carbocycles. The van der Waals surface area contributed by atoms with Crippen molar-refractivity contribution in [2.45, 2.75) is 40.2 Å². The molecule has 2 fully saturated rings. The van der Waals surface area contributed by atoms with Crippen LogP contribution >= 0.6 is 12.4 Å². The third-order valence-corrected chi connectivity index (χ3v) is 5.16. The number of benzene rings is 1. The zero-order valence-electron chi connectivity index (χ0n) is 15.5. The smallest absolute Gasteiger partial charge is 0.228 e. The van der Waals surface area contributed by atoms with Crippen LogP contribution in [0.2, 0.25) is 0 Å². The number of piperazine rings is 1. The van der Waals surface area contributed by atoms with Gasteiger partial charge in [0.2, 0.25) is 11.8 Å². The summed E-state index contributed by atoms with van der Waals surface area (Å²) in [6.07, 6.45) is 0.322. The molecule has 25 heavy (non-hydrogen) atoms. The molecule has 0 spiro atoms. The molecule has 1 N–H and O–H groups in total. The van der Waals surface area contributed by atoms with Crippen molar-refractivity contribution in [1.82, 2.24) is 10.2 Å². The van der Waals surface area contributed by atoms with Crippen molar-refractivity contribution in [2.75, 3.05) is 31.1 Å². The molecule has 1 aromatic rings. The molecule has 2 saturated heterocycles. The minimum Gasteiger partial charge on any atom is -0.337 e. The first-order chi connectivity index (χ1) is 11.4. The average molecular weight is 366 g/mol. The first-order valence-electron chi connectivity index (χ1n) is 8.78. The number of nitrogens with one attached hydrogen (secondary N) is 1. The van der Waals surface area contributed by atoms with Crippen LogP contribution in [-0.4, -0.2) is 48.9 Å². The van der Waals surface area contributed by atoms with Crippen LogP contribution in [0.3, 0.4) is 0 Å². The normalized spacial score (nSPS) is 23.6. The molecule has 6 heteroatoms. The predicted octanol–water partition coefficient (Wildman–Crippen LogP) is 2.21. The van der Waals surface area contributed by atoms with E-state index in [0.29, 0.717) is 13.0 Å². The number of nitrogens with zero attached hydrogens (tertiary/aromatic N) is 2. The Labute approximate surface area is 156 Å². The molecule has 2 heterocycles. The number of amides is 2. The fourth-order valence-corrected chi connectivity index (χ4v) is 4.09. The summed E-state index contributed by atoms with van der Waals surface area (Å²) in [6.45, 7) is 11.1. The lowest BCUT2D eigenvalue weighted by molar-refractivity contribution is -0.138. The van der Waals surface area contributed by atoms with E-state index in [4.69, 9.17) is 0 Å². The average Bonchev–Trinajstić information content (AvgIpc) is 2.88. The second-order valence-corrected chi connectivity index (χ2v) is 7.24. The molecule has 0 radical (unpaired) electrons. The van der Waals surface area contributed by atoms with E-state index in [1.807, 2.05) is 23.6 Å². The Morgan fingerprint density at radius 1 is 1.20 bits per heavy atom. The third kappa shape index (κ3) is 3.82. The lowest BCUT2D eigenvalue weighted by atomic mass is 10.0. The number of anilines is 1. The summed E-state index contributed by atoms with van der Waals surface area (Å²) in [5, 5.41) is 3.30. The highest BCUT2D eigenvalue weighted by Crippen LogP contribution is 2.32. The summed E-state index contributed by atoms with van der Waals surface area (Å²) in [6, 6.07) is 4.39. The topological polar surface area (TPSA) is 52.7 Å². The van der Waals surface area contributed by atoms with E-state index < -0.39 is 0 Å². The van der Waals surface area contributed by atoms with Gasteiger partial charge in [0, 0.05) is 44.3 Å². The monoisotopic (exact) mass is 365 g/mol. The van der Waals surface area contributed by atoms with E-state index in [1.165, 1.54) is 5.56 Å². The zero-order valence-corrected chi connectivity index (χ0v) is 16.3. The summed E-state index contributed by atoms with van der Waals surface area (Å²) < 4.78 is 0. The van der Waals surface area contributed by atoms with Gasteiger partial charge in [0.15, 0.2) is 0 Å². The molecule has 0 saturated carbocycles. The number of hydrogen-bond acceptors (Lipinski definition) is 3. The Morgan fingerprint density at radius 2 is 1.84 bits per heavy atom. The van der Waals surface area contributed by atoms with E-state index in [9.17, 15) is 9.59 Å². The van der Waals surface area contributed by atoms with Crippen LogP contribution in [0.15, 0.2) is 12.1 Å². The fraction of sp³-hybridized carbons (Fsp3) is 0.579. The van der Waals surface area contributed by atoms with Gasteiger partial charge in [-0.25, -0.2) is 0 Å². The van der Waals surface area contributed by atoms with Gasteiger partial charge in [-0.2, -0.15) is 0 Å². The van der Waals surface area contributed by atoms with Crippen molar-refractivity contribution in [3.8, 4) is 0 Å². The van der Waals surface area contributed by atoms with Crippen molar-refractivity contribution < 1.29 is 9.59 Å². The highest BCUT2D eigenvalue weighted by atomic mass is 35.5. The summed E-state index contributed by atoms with van der Waals surface area (Å²) in [4.78, 5) is 29.2. The van der Waals surface area contributed by atoms with Crippen molar-refractivity contribution >= 4 is 29.9 Å². The van der Waals surface area contributed by atoms with E-state index in [1.54, 1.807) is 0 Å². The van der Waals surface area contributed by atoms with Gasteiger partial charge in [-0.15, -0.1) is 12.4 Å². The maximum Gasteiger partial charge on any atom is 0.228 e. The molecule has 0 bridgehead atoms. The van der Waals surface area contributed by atoms with Gasteiger partial charge in [-0.3, -0.25) is 9.59 Å². The Bertz CT molecular complexity index is 654. The molecule has 2 aliphatic rings. The SMILES string of the molecule is Cc1cc(C)c(N2CC(C(=O)N3CCNCC3C)CC2=O)c(C)c1.Cl. The van der Waals surface area contributed by atoms with E-state index in [-0.39, 0.29) is 36.2 Å². The van der Waals surface area contributed by atoms with Gasteiger partial charge in [-0.1, -0.05) is 17.7 Å². The highest BCUT2D eigenvalue weighted by molar-refractivity contribution is 6.01. The first-order valence-corrected chi connectivity index (χ1v) is 8.78. The van der Waals surface area contributed by atoms with Gasteiger partial charge >= 0.3 is 0 Å². The molecule has 2 atom stereocenters. The van der Waals surface area contributed by atoms with E-state index in [0.717, 1.165) is 36.4 Å². The largest absolute Gasteiger partial charge is 0.337 e. The van der Waals surface area contributed by atoms with Crippen LogP contribution in [0.4, 0.5) is 5.69 Å². The Morgan fingerprint density at radius 3 is 2.44 bits per heavy atom. The second kappa shape index (κ2) is 7.75. The fourth-order valence-electron chi connectivity index (χ4n) is 4.09. The summed E-state index contributed by atoms with van der Waals surface area (Å²) >= 11 is 0. The molecule has 2 unspecified atom stereocenters. The van der Waals surface area contributed by atoms with Gasteiger partial charge in [0.1, 0.15) is 0 Å². The van der Waals surface area contributed by atoms with Crippen LogP contribution in [-0.2, 0) is 9.59 Å². The van der Waals surface area contributed by atoms with Crippen LogP contribution < -0.4 is 10.2 Å². The zero-order chi connectivity index (χ0) is 17.4. The van der Waals surface area contributed by atoms with Gasteiger partial charge in [-0.05, 0) is 38.8 Å². The molecule has 3 rings (SSSR count). The summed E-state index contributed by atoms with van der Waals surface area (Å²) in [5.41, 5.74) is 4.38. The van der Waals surface area contributed by atoms with Crippen LogP contribution in [0.25, 0.3) is 0 Å². The molecule has 2 aliphatic heterocycles. The molecular formula is C19H28ClN3O2. The molecule has 138 valence electrons. The predicted molar refractivity (Wildman–Crippen MR) is 102 cm³/mol. The number of carbonyl (C=O) groups is 2. The van der Waals surface area contributed by atoms with Gasteiger partial charge < -0.3 is 15.1 Å². The number of aryl methyl sites for hydroxylation is 3. The summed E-state index contributed by atoms with van der Waals surface area (Å²) in [7, 11) is 0. The molecule has 1 aromatic carbocycles. The molecule has 5 nitrogen and oxygen atoms in total. The van der Waals surface area contributed by atoms with E-state index in [2.05, 4.69) is 31.3 Å². The maximum absolute atomic E-state index is 12.9. The second-order valence-electron chi connectivity index (χ2n) is 7.24. The standard InChI is InChI=1S/C19H27N3O2.ClH/c1-12-7-13(2)18(14(3)8-12)22-11-16(9-17(22)23)19(24)21-6-5-20-10-15(21)4;/h7-8,15-16,20H,5-6,9-11H2,1-4H3;1H. The lowest BCUT2D eigenvalue weighted by Crippen LogP contribution is -2.54. The number of carbonyl (C=O) groups excluding carboxylic acids is 2. The lowest BCUT2D eigenvalue weighted by Gasteiger charge is -2.35. The maximum atomic E-state index is 12.9. The highest BCUT2D eigenvalue weighted by Gasteiger charge is 2.39. The Kier molecular flexibility index (Phi) is 6.12. The number of halogens is 1. The number of hydrogen-bond donors (Lipinski definition) is 1. The van der Waals surface area contributed by atoms with Crippen LogP contribution in [0.5, 0.6) is 0 Å². The molecular weight excluding hydrogens is 338 g/mol. The Balaban J connectivity index is 0.00000225. The van der Waals surface area contributed by atoms with Crippen molar-refractivity contribution in [2.24, 2.45) is 5.92 Å². The van der Waals surface area contributed by atoms with Crippen molar-refractivity contribution in [1.29, 1.82) is 0 Å². The number of rotatable bonds is 2. The molecule has 0 aromatic heterocycles. The van der Waals surface area contributed by atoms with Gasteiger partial charge in [0.05, 0.1) is 5.92 Å². The van der Waals surface area contributed by atoms with Crippen molar-refractivity contribution in [3.05, 3.63) is 28.8 Å². The quantitative estimate of drug-likeness (QED) is 0.874. The van der Waals surface area contributed by atoms with E-state index >= 15 is 0 Å². The van der Waals surface area contributed by atoms with Crippen molar-refractivity contribution in [3.63, 3.8) is 0 Å². The van der Waals surface area contributed by atoms with Gasteiger partial charge in [0.25, 0.3) is 0 Å². The minimum atomic E-state index is -0.224. The molecule has 2 amide bonds. The van der Waals surface area contributed by atoms with Crippen LogP contribution in [0.1, 0.15) is 30.0 Å². The third-order valence-electron chi connectivity index (χ3n) is 5.16. The summed E-state index contributed by atoms with van der Waals surface area (Å²) in [5.74, 6) is -0.0355.